The van der Waals surface area contributed by atoms with E-state index in [0.717, 1.165) is 48.4 Å². The average Bonchev–Trinajstić information content (AvgIpc) is 3.17. The minimum Gasteiger partial charge on any atom is -0.457 e. The average molecular weight is 382 g/mol. The quantitative estimate of drug-likeness (QED) is 0.555. The molecule has 0 atom stereocenters. The topological polar surface area (TPSA) is 38.4 Å². The van der Waals surface area contributed by atoms with Crippen LogP contribution in [0.3, 0.4) is 0 Å². The second-order valence-electron chi connectivity index (χ2n) is 6.53. The van der Waals surface area contributed by atoms with Crippen molar-refractivity contribution in [2.75, 3.05) is 6.54 Å². The first-order valence-corrected chi connectivity index (χ1v) is 8.94. The van der Waals surface area contributed by atoms with Crippen LogP contribution in [0.25, 0.3) is 17.4 Å². The largest absolute Gasteiger partial charge is 0.457 e. The molecule has 0 saturated carbocycles. The van der Waals surface area contributed by atoms with Gasteiger partial charge in [-0.15, -0.1) is 0 Å². The fourth-order valence-corrected chi connectivity index (χ4v) is 3.21. The molecule has 0 aliphatic carbocycles. The summed E-state index contributed by atoms with van der Waals surface area (Å²) < 4.78 is 44.6. The van der Waals surface area contributed by atoms with Crippen molar-refractivity contribution < 1.29 is 17.6 Å². The van der Waals surface area contributed by atoms with Crippen LogP contribution in [0, 0.1) is 0 Å². The monoisotopic (exact) mass is 382 g/mol. The van der Waals surface area contributed by atoms with Crippen molar-refractivity contribution in [3.63, 3.8) is 0 Å². The van der Waals surface area contributed by atoms with E-state index in [9.17, 15) is 13.2 Å². The van der Waals surface area contributed by atoms with Crippen LogP contribution in [0.2, 0.25) is 0 Å². The van der Waals surface area contributed by atoms with Gasteiger partial charge in [0.1, 0.15) is 11.5 Å². The number of pyridine rings is 1. The number of rotatable bonds is 3. The minimum atomic E-state index is -4.38. The molecule has 0 fully saturated rings. The highest BCUT2D eigenvalue weighted by atomic mass is 19.4. The van der Waals surface area contributed by atoms with E-state index < -0.39 is 11.7 Å². The molecule has 1 aliphatic rings. The van der Waals surface area contributed by atoms with Gasteiger partial charge in [0.15, 0.2) is 0 Å². The summed E-state index contributed by atoms with van der Waals surface area (Å²) in [6.07, 6.45) is 2.80. The van der Waals surface area contributed by atoms with E-state index in [1.165, 1.54) is 6.07 Å². The van der Waals surface area contributed by atoms with Gasteiger partial charge in [-0.1, -0.05) is 12.1 Å². The number of aliphatic imine (C=N–C) groups is 1. The molecule has 28 heavy (non-hydrogen) atoms. The van der Waals surface area contributed by atoms with Crippen LogP contribution < -0.4 is 0 Å². The Kier molecular flexibility index (Phi) is 4.86. The van der Waals surface area contributed by atoms with Crippen LogP contribution in [-0.4, -0.2) is 17.2 Å². The Hall–Kier alpha value is -3.15. The van der Waals surface area contributed by atoms with Crippen molar-refractivity contribution in [2.45, 2.75) is 19.0 Å². The van der Waals surface area contributed by atoms with Crippen LogP contribution in [-0.2, 0) is 6.18 Å². The highest BCUT2D eigenvalue weighted by molar-refractivity contribution is 6.15. The maximum atomic E-state index is 12.9. The number of benzene rings is 1. The molecule has 0 unspecified atom stereocenters. The van der Waals surface area contributed by atoms with Gasteiger partial charge in [-0.2, -0.15) is 13.2 Å². The van der Waals surface area contributed by atoms with E-state index >= 15 is 0 Å². The minimum absolute atomic E-state index is 0.393. The second-order valence-corrected chi connectivity index (χ2v) is 6.53. The summed E-state index contributed by atoms with van der Waals surface area (Å²) in [6.45, 7) is 0.759. The molecule has 1 aromatic carbocycles. The number of hydrogen-bond donors (Lipinski definition) is 0. The standard InChI is InChI=1S/C22H17F3N2O/c23-22(24,25)18-7-1-4-15(12-18)20-9-8-19(28-20)13-16-5-3-11-27-21(16)17-6-2-10-26-14-17/h1-2,4,6-10,12-14H,3,5,11H2/b16-13+. The lowest BCUT2D eigenvalue weighted by atomic mass is 9.96. The summed E-state index contributed by atoms with van der Waals surface area (Å²) in [5, 5.41) is 0. The fraction of sp³-hybridized carbons (Fsp3) is 0.182. The highest BCUT2D eigenvalue weighted by Crippen LogP contribution is 2.33. The molecule has 1 aliphatic heterocycles. The van der Waals surface area contributed by atoms with Gasteiger partial charge in [-0.05, 0) is 60.9 Å². The molecule has 0 saturated heterocycles. The summed E-state index contributed by atoms with van der Waals surface area (Å²) >= 11 is 0. The Morgan fingerprint density at radius 3 is 2.64 bits per heavy atom. The van der Waals surface area contributed by atoms with Crippen LogP contribution in [0.15, 0.2) is 75.9 Å². The van der Waals surface area contributed by atoms with E-state index in [2.05, 4.69) is 9.98 Å². The van der Waals surface area contributed by atoms with Crippen molar-refractivity contribution in [1.29, 1.82) is 0 Å². The van der Waals surface area contributed by atoms with Crippen molar-refractivity contribution >= 4 is 11.8 Å². The molecule has 0 radical (unpaired) electrons. The van der Waals surface area contributed by atoms with Gasteiger partial charge in [0.05, 0.1) is 11.3 Å². The Labute approximate surface area is 160 Å². The molecule has 3 aromatic rings. The van der Waals surface area contributed by atoms with E-state index in [-0.39, 0.29) is 0 Å². The third-order valence-corrected chi connectivity index (χ3v) is 4.53. The molecule has 142 valence electrons. The van der Waals surface area contributed by atoms with Crippen molar-refractivity contribution in [2.24, 2.45) is 4.99 Å². The van der Waals surface area contributed by atoms with Gasteiger partial charge in [0, 0.05) is 30.1 Å². The molecule has 0 amide bonds. The first kappa shape index (κ1) is 18.2. The van der Waals surface area contributed by atoms with Crippen molar-refractivity contribution in [1.82, 2.24) is 4.98 Å². The summed E-state index contributed by atoms with van der Waals surface area (Å²) in [5.74, 6) is 0.981. The Bertz CT molecular complexity index is 1030. The smallest absolute Gasteiger partial charge is 0.416 e. The Morgan fingerprint density at radius 2 is 1.86 bits per heavy atom. The van der Waals surface area contributed by atoms with Crippen molar-refractivity contribution in [3.8, 4) is 11.3 Å². The van der Waals surface area contributed by atoms with Crippen LogP contribution >= 0.6 is 0 Å². The first-order chi connectivity index (χ1) is 13.5. The lowest BCUT2D eigenvalue weighted by Gasteiger charge is -2.15. The molecular weight excluding hydrogens is 365 g/mol. The Morgan fingerprint density at radius 1 is 1.00 bits per heavy atom. The second kappa shape index (κ2) is 7.46. The zero-order chi connectivity index (χ0) is 19.6. The Balaban J connectivity index is 1.64. The third-order valence-electron chi connectivity index (χ3n) is 4.53. The SMILES string of the molecule is FC(F)(F)c1cccc(-c2ccc(/C=C3\CCCN=C3c3cccnc3)o2)c1. The van der Waals surface area contributed by atoms with Crippen molar-refractivity contribution in [3.05, 3.63) is 83.4 Å². The predicted molar refractivity (Wildman–Crippen MR) is 102 cm³/mol. The molecule has 6 heteroatoms. The molecule has 3 heterocycles. The van der Waals surface area contributed by atoms with E-state index in [1.54, 1.807) is 30.6 Å². The van der Waals surface area contributed by atoms with Gasteiger partial charge in [-0.25, -0.2) is 0 Å². The van der Waals surface area contributed by atoms with Gasteiger partial charge in [0.25, 0.3) is 0 Å². The number of nitrogens with zero attached hydrogens (tertiary/aromatic N) is 2. The van der Waals surface area contributed by atoms with Crippen LogP contribution in [0.5, 0.6) is 0 Å². The molecule has 3 nitrogen and oxygen atoms in total. The van der Waals surface area contributed by atoms with Gasteiger partial charge < -0.3 is 4.42 Å². The first-order valence-electron chi connectivity index (χ1n) is 8.94. The molecule has 0 bridgehead atoms. The maximum absolute atomic E-state index is 12.9. The number of aromatic nitrogens is 1. The molecule has 4 rings (SSSR count). The number of allylic oxidation sites excluding steroid dienone is 1. The number of alkyl halides is 3. The summed E-state index contributed by atoms with van der Waals surface area (Å²) in [4.78, 5) is 8.77. The summed E-state index contributed by atoms with van der Waals surface area (Å²) in [7, 11) is 0. The van der Waals surface area contributed by atoms with Gasteiger partial charge in [0.2, 0.25) is 0 Å². The van der Waals surface area contributed by atoms with E-state index in [0.29, 0.717) is 17.1 Å². The zero-order valence-electron chi connectivity index (χ0n) is 14.9. The third kappa shape index (κ3) is 3.91. The number of hydrogen-bond acceptors (Lipinski definition) is 3. The fourth-order valence-electron chi connectivity index (χ4n) is 3.21. The lowest BCUT2D eigenvalue weighted by molar-refractivity contribution is -0.137. The lowest BCUT2D eigenvalue weighted by Crippen LogP contribution is -2.11. The predicted octanol–water partition coefficient (Wildman–Crippen LogP) is 6.03. The summed E-state index contributed by atoms with van der Waals surface area (Å²) in [5.41, 5.74) is 2.56. The van der Waals surface area contributed by atoms with Crippen LogP contribution in [0.4, 0.5) is 13.2 Å². The molecule has 2 aromatic heterocycles. The number of halogens is 3. The van der Waals surface area contributed by atoms with Gasteiger partial charge in [-0.3, -0.25) is 9.98 Å². The molecule has 0 spiro atoms. The van der Waals surface area contributed by atoms with E-state index in [1.807, 2.05) is 18.2 Å². The van der Waals surface area contributed by atoms with Crippen LogP contribution in [0.1, 0.15) is 29.7 Å². The summed E-state index contributed by atoms with van der Waals surface area (Å²) in [6, 6.07) is 12.4. The van der Waals surface area contributed by atoms with E-state index in [4.69, 9.17) is 4.42 Å². The molecular formula is C22H17F3N2O. The zero-order valence-corrected chi connectivity index (χ0v) is 14.9. The normalized spacial score (nSPS) is 16.2. The number of furan rings is 1. The maximum Gasteiger partial charge on any atom is 0.416 e. The van der Waals surface area contributed by atoms with Gasteiger partial charge >= 0.3 is 6.18 Å². The molecule has 0 N–H and O–H groups in total. The highest BCUT2D eigenvalue weighted by Gasteiger charge is 2.30.